The standard InChI is InChI=1S/C45H59N5O8/c1-27(2)23-37(47-40(51)30(6)48(7)45(57)58-26-36-34-21-15-13-19-32(34)33-20-14-16-22-35(33)36)43(54)49(8)38(24-28(3)4)41(52)46-29(5)42(53)50(9)39(44(55)56)25-31-17-11-10-12-18-31/h10-22,27-30,36-39H,23-26H2,1-9H3,(H,46,52)(H,47,51)(H,55,56)/t29-,30-,37-,38-,39-/m0/s1. The summed E-state index contributed by atoms with van der Waals surface area (Å²) in [6.07, 6.45) is -0.106. The minimum Gasteiger partial charge on any atom is -0.480 e. The van der Waals surface area contributed by atoms with E-state index in [9.17, 15) is 33.9 Å². The number of ether oxygens (including phenoxy) is 1. The van der Waals surface area contributed by atoms with E-state index in [1.807, 2.05) is 82.3 Å². The second-order valence-electron chi connectivity index (χ2n) is 16.1. The van der Waals surface area contributed by atoms with E-state index in [0.29, 0.717) is 0 Å². The monoisotopic (exact) mass is 797 g/mol. The van der Waals surface area contributed by atoms with Crippen LogP contribution in [0.1, 0.15) is 77.0 Å². The molecule has 13 heteroatoms. The number of amides is 5. The molecule has 5 atom stereocenters. The summed E-state index contributed by atoms with van der Waals surface area (Å²) < 4.78 is 5.77. The van der Waals surface area contributed by atoms with Crippen LogP contribution in [-0.4, -0.2) is 113 Å². The van der Waals surface area contributed by atoms with Crippen LogP contribution in [0.4, 0.5) is 4.79 Å². The highest BCUT2D eigenvalue weighted by molar-refractivity contribution is 5.95. The van der Waals surface area contributed by atoms with Crippen molar-refractivity contribution >= 4 is 35.7 Å². The minimum atomic E-state index is -1.18. The predicted molar refractivity (Wildman–Crippen MR) is 222 cm³/mol. The van der Waals surface area contributed by atoms with E-state index in [4.69, 9.17) is 4.74 Å². The molecule has 312 valence electrons. The topological polar surface area (TPSA) is 166 Å². The van der Waals surface area contributed by atoms with Gasteiger partial charge in [0, 0.05) is 33.5 Å². The lowest BCUT2D eigenvalue weighted by atomic mass is 9.98. The maximum atomic E-state index is 14.2. The molecule has 0 radical (unpaired) electrons. The van der Waals surface area contributed by atoms with E-state index < -0.39 is 65.9 Å². The van der Waals surface area contributed by atoms with Crippen LogP contribution in [0.25, 0.3) is 11.1 Å². The number of nitrogens with one attached hydrogen (secondary N) is 2. The van der Waals surface area contributed by atoms with Crippen LogP contribution in [-0.2, 0) is 35.1 Å². The molecule has 0 unspecified atom stereocenters. The van der Waals surface area contributed by atoms with Crippen molar-refractivity contribution in [3.8, 4) is 11.1 Å². The van der Waals surface area contributed by atoms with Gasteiger partial charge in [-0.2, -0.15) is 0 Å². The lowest BCUT2D eigenvalue weighted by molar-refractivity contribution is -0.150. The summed E-state index contributed by atoms with van der Waals surface area (Å²) in [7, 11) is 4.34. The fraction of sp³-hybridized carbons (Fsp3) is 0.467. The number of benzene rings is 3. The Morgan fingerprint density at radius 1 is 0.638 bits per heavy atom. The van der Waals surface area contributed by atoms with Crippen LogP contribution in [0.5, 0.6) is 0 Å². The van der Waals surface area contributed by atoms with Gasteiger partial charge in [0.1, 0.15) is 36.8 Å². The smallest absolute Gasteiger partial charge is 0.410 e. The first-order valence-electron chi connectivity index (χ1n) is 19.9. The van der Waals surface area contributed by atoms with Crippen molar-refractivity contribution in [3.05, 3.63) is 95.6 Å². The summed E-state index contributed by atoms with van der Waals surface area (Å²) in [5.41, 5.74) is 5.06. The van der Waals surface area contributed by atoms with Gasteiger partial charge in [-0.15, -0.1) is 0 Å². The Labute approximate surface area is 342 Å². The number of carboxylic acids is 1. The number of carbonyl (C=O) groups excluding carboxylic acids is 5. The first-order valence-corrected chi connectivity index (χ1v) is 19.9. The van der Waals surface area contributed by atoms with Crippen LogP contribution < -0.4 is 10.6 Å². The van der Waals surface area contributed by atoms with Gasteiger partial charge in [-0.25, -0.2) is 9.59 Å². The number of carboxylic acid groups (broad SMARTS) is 1. The first kappa shape index (κ1) is 45.0. The third-order valence-electron chi connectivity index (χ3n) is 10.8. The van der Waals surface area contributed by atoms with E-state index in [1.165, 1.54) is 37.9 Å². The molecule has 0 spiro atoms. The van der Waals surface area contributed by atoms with E-state index in [0.717, 1.165) is 32.7 Å². The predicted octanol–water partition coefficient (Wildman–Crippen LogP) is 5.32. The van der Waals surface area contributed by atoms with Gasteiger partial charge in [-0.3, -0.25) is 24.1 Å². The third kappa shape index (κ3) is 11.0. The van der Waals surface area contributed by atoms with Crippen LogP contribution >= 0.6 is 0 Å². The molecule has 3 N–H and O–H groups in total. The van der Waals surface area contributed by atoms with Crippen molar-refractivity contribution in [3.63, 3.8) is 0 Å². The zero-order valence-electron chi connectivity index (χ0n) is 35.1. The molecular weight excluding hydrogens is 739 g/mol. The van der Waals surface area contributed by atoms with Gasteiger partial charge in [-0.1, -0.05) is 107 Å². The van der Waals surface area contributed by atoms with E-state index in [-0.39, 0.29) is 43.6 Å². The lowest BCUT2D eigenvalue weighted by Gasteiger charge is -2.34. The number of nitrogens with zero attached hydrogens (tertiary/aromatic N) is 3. The number of fused-ring (bicyclic) bond motifs is 3. The SMILES string of the molecule is CC(C)C[C@H](NC(=O)[C@H](C)N(C)C(=O)OCC1c2ccccc2-c2ccccc21)C(=O)N(C)[C@@H](CC(C)C)C(=O)N[C@@H](C)C(=O)N(C)[C@@H](Cc1ccccc1)C(=O)O. The van der Waals surface area contributed by atoms with E-state index >= 15 is 0 Å². The van der Waals surface area contributed by atoms with Crippen molar-refractivity contribution < 1.29 is 38.6 Å². The summed E-state index contributed by atoms with van der Waals surface area (Å²) in [4.78, 5) is 84.3. The molecule has 0 bridgehead atoms. The molecule has 3 aromatic rings. The van der Waals surface area contributed by atoms with Gasteiger partial charge >= 0.3 is 12.1 Å². The molecule has 58 heavy (non-hydrogen) atoms. The Kier molecular flexibility index (Phi) is 15.6. The maximum absolute atomic E-state index is 14.2. The molecular formula is C45H59N5O8. The van der Waals surface area contributed by atoms with Crippen LogP contribution in [0.2, 0.25) is 0 Å². The summed E-state index contributed by atoms with van der Waals surface area (Å²) in [6.45, 7) is 10.7. The fourth-order valence-electron chi connectivity index (χ4n) is 7.36. The molecule has 0 saturated heterocycles. The Morgan fingerprint density at radius 3 is 1.69 bits per heavy atom. The van der Waals surface area contributed by atoms with Crippen molar-refractivity contribution in [1.82, 2.24) is 25.3 Å². The molecule has 1 aliphatic rings. The summed E-state index contributed by atoms with van der Waals surface area (Å²) >= 11 is 0. The number of likely N-dealkylation sites (N-methyl/N-ethyl adjacent to an activating group) is 3. The lowest BCUT2D eigenvalue weighted by Crippen LogP contribution is -2.59. The first-order chi connectivity index (χ1) is 27.4. The van der Waals surface area contributed by atoms with Crippen LogP contribution in [0, 0.1) is 11.8 Å². The van der Waals surface area contributed by atoms with Crippen molar-refractivity contribution in [2.45, 2.75) is 96.9 Å². The Morgan fingerprint density at radius 2 is 1.16 bits per heavy atom. The second kappa shape index (κ2) is 20.1. The van der Waals surface area contributed by atoms with Gasteiger partial charge in [0.25, 0.3) is 0 Å². The van der Waals surface area contributed by atoms with Gasteiger partial charge in [0.05, 0.1) is 0 Å². The molecule has 0 fully saturated rings. The minimum absolute atomic E-state index is 0.0264. The van der Waals surface area contributed by atoms with Gasteiger partial charge in [0.2, 0.25) is 23.6 Å². The van der Waals surface area contributed by atoms with Gasteiger partial charge in [0.15, 0.2) is 0 Å². The molecule has 0 aromatic heterocycles. The van der Waals surface area contributed by atoms with E-state index in [1.54, 1.807) is 31.2 Å². The molecule has 1 aliphatic carbocycles. The number of aliphatic carboxylic acids is 1. The van der Waals surface area contributed by atoms with Crippen LogP contribution in [0.3, 0.4) is 0 Å². The van der Waals surface area contributed by atoms with Gasteiger partial charge in [-0.05, 0) is 66.3 Å². The fourth-order valence-corrected chi connectivity index (χ4v) is 7.36. The van der Waals surface area contributed by atoms with Crippen LogP contribution in [0.15, 0.2) is 78.9 Å². The maximum Gasteiger partial charge on any atom is 0.410 e. The highest BCUT2D eigenvalue weighted by Gasteiger charge is 2.37. The number of rotatable bonds is 18. The molecule has 5 amide bonds. The number of hydrogen-bond acceptors (Lipinski definition) is 7. The summed E-state index contributed by atoms with van der Waals surface area (Å²) in [5.74, 6) is -3.68. The Bertz CT molecular complexity index is 1890. The average Bonchev–Trinajstić information content (AvgIpc) is 3.52. The largest absolute Gasteiger partial charge is 0.480 e. The molecule has 4 rings (SSSR count). The third-order valence-corrected chi connectivity index (χ3v) is 10.8. The molecule has 0 saturated carbocycles. The summed E-state index contributed by atoms with van der Waals surface area (Å²) in [5, 5.41) is 15.5. The number of hydrogen-bond donors (Lipinski definition) is 3. The zero-order chi connectivity index (χ0) is 42.8. The molecule has 0 heterocycles. The molecule has 0 aliphatic heterocycles. The van der Waals surface area contributed by atoms with Crippen molar-refractivity contribution in [2.75, 3.05) is 27.7 Å². The zero-order valence-corrected chi connectivity index (χ0v) is 35.1. The quantitative estimate of drug-likeness (QED) is 0.156. The summed E-state index contributed by atoms with van der Waals surface area (Å²) in [6, 6.07) is 19.6. The molecule has 13 nitrogen and oxygen atoms in total. The van der Waals surface area contributed by atoms with Crippen molar-refractivity contribution in [1.29, 1.82) is 0 Å². The highest BCUT2D eigenvalue weighted by atomic mass is 16.6. The molecule has 3 aromatic carbocycles. The average molecular weight is 798 g/mol. The number of carbonyl (C=O) groups is 6. The van der Waals surface area contributed by atoms with E-state index in [2.05, 4.69) is 10.6 Å². The normalized spacial score (nSPS) is 14.6. The van der Waals surface area contributed by atoms with Crippen molar-refractivity contribution in [2.24, 2.45) is 11.8 Å². The Hall–Kier alpha value is -5.72. The van der Waals surface area contributed by atoms with Gasteiger partial charge < -0.3 is 30.3 Å². The Balaban J connectivity index is 1.41. The highest BCUT2D eigenvalue weighted by Crippen LogP contribution is 2.44. The second-order valence-corrected chi connectivity index (χ2v) is 16.1.